The number of rotatable bonds is 1. The smallest absolute Gasteiger partial charge is 0.0273 e. The quantitative estimate of drug-likeness (QED) is 0.654. The van der Waals surface area contributed by atoms with Crippen LogP contribution in [0.5, 0.6) is 0 Å². The van der Waals surface area contributed by atoms with E-state index < -0.39 is 0 Å². The van der Waals surface area contributed by atoms with Gasteiger partial charge >= 0.3 is 0 Å². The Bertz CT molecular complexity index is 184. The van der Waals surface area contributed by atoms with Crippen LogP contribution in [0.1, 0.15) is 12.5 Å². The number of hydrogen-bond donors (Lipinski definition) is 0. The topological polar surface area (TPSA) is 12.9 Å². The summed E-state index contributed by atoms with van der Waals surface area (Å²) >= 11 is 3.15. The fourth-order valence-electron chi connectivity index (χ4n) is 0.500. The van der Waals surface area contributed by atoms with Gasteiger partial charge in [0.05, 0.1) is 0 Å². The molecule has 0 spiro atoms. The molecule has 0 bridgehead atoms. The monoisotopic (exact) mass is 213 g/mol. The van der Waals surface area contributed by atoms with E-state index in [4.69, 9.17) is 0 Å². The predicted octanol–water partition coefficient (Wildman–Crippen LogP) is 3.13. The van der Waals surface area contributed by atoms with Crippen molar-refractivity contribution in [2.45, 2.75) is 6.92 Å². The van der Waals surface area contributed by atoms with Crippen LogP contribution in [0, 0.1) is 0 Å². The van der Waals surface area contributed by atoms with Gasteiger partial charge < -0.3 is 0 Å². The molecule has 0 aliphatic heterocycles. The Balaban J connectivity index is 0.000000292. The van der Waals surface area contributed by atoms with Gasteiger partial charge in [-0.3, -0.25) is 4.98 Å². The average molecular weight is 214 g/mol. The lowest BCUT2D eigenvalue weighted by Gasteiger charge is -1.84. The molecule has 0 radical (unpaired) electrons. The van der Waals surface area contributed by atoms with Crippen LogP contribution in [0.3, 0.4) is 0 Å². The fourth-order valence-corrected chi connectivity index (χ4v) is 0.500. The number of alkyl halides is 1. The van der Waals surface area contributed by atoms with Gasteiger partial charge in [0, 0.05) is 17.7 Å². The molecule has 0 aromatic carbocycles. The van der Waals surface area contributed by atoms with E-state index in [-0.39, 0.29) is 0 Å². The largest absolute Gasteiger partial charge is 0.265 e. The molecule has 0 amide bonds. The minimum absolute atomic E-state index is 1.06. The minimum atomic E-state index is 1.06. The highest BCUT2D eigenvalue weighted by Crippen LogP contribution is 1.94. The molecule has 2 heteroatoms. The lowest BCUT2D eigenvalue weighted by molar-refractivity contribution is 1.32. The molecule has 1 rings (SSSR count). The highest BCUT2D eigenvalue weighted by Gasteiger charge is 1.76. The number of hydrogen-bond acceptors (Lipinski definition) is 1. The van der Waals surface area contributed by atoms with Crippen molar-refractivity contribution in [3.05, 3.63) is 36.7 Å². The van der Waals surface area contributed by atoms with E-state index in [1.807, 2.05) is 19.1 Å². The molecule has 0 saturated heterocycles. The van der Waals surface area contributed by atoms with Gasteiger partial charge in [0.15, 0.2) is 0 Å². The van der Waals surface area contributed by atoms with Gasteiger partial charge in [0.2, 0.25) is 0 Å². The molecule has 1 aromatic rings. The van der Waals surface area contributed by atoms with E-state index in [0.717, 1.165) is 10.9 Å². The van der Waals surface area contributed by atoms with Crippen molar-refractivity contribution in [1.82, 2.24) is 4.98 Å². The standard InChI is InChI=1S/C7H7N.C2H5Br/c1-2-7-3-5-8-6-4-7;1-2-3/h2-6H,1H2;2H2,1H3. The summed E-state index contributed by atoms with van der Waals surface area (Å²) in [6, 6.07) is 3.82. The highest BCUT2D eigenvalue weighted by atomic mass is 79.9. The number of pyridine rings is 1. The molecule has 0 aliphatic carbocycles. The lowest BCUT2D eigenvalue weighted by Crippen LogP contribution is -1.69. The molecular weight excluding hydrogens is 202 g/mol. The van der Waals surface area contributed by atoms with Crippen LogP contribution in [-0.4, -0.2) is 10.3 Å². The second-order valence-electron chi connectivity index (χ2n) is 1.75. The Kier molecular flexibility index (Phi) is 7.05. The third-order valence-corrected chi connectivity index (χ3v) is 0.942. The Morgan fingerprint density at radius 1 is 1.55 bits per heavy atom. The second kappa shape index (κ2) is 7.48. The van der Waals surface area contributed by atoms with Gasteiger partial charge in [0.1, 0.15) is 0 Å². The van der Waals surface area contributed by atoms with Gasteiger partial charge in [-0.2, -0.15) is 0 Å². The second-order valence-corrected chi connectivity index (χ2v) is 2.87. The summed E-state index contributed by atoms with van der Waals surface area (Å²) in [5.41, 5.74) is 1.11. The maximum Gasteiger partial charge on any atom is 0.0273 e. The molecule has 1 aromatic heterocycles. The summed E-state index contributed by atoms with van der Waals surface area (Å²) in [7, 11) is 0. The summed E-state index contributed by atoms with van der Waals surface area (Å²) < 4.78 is 0. The van der Waals surface area contributed by atoms with Gasteiger partial charge in [0.25, 0.3) is 0 Å². The van der Waals surface area contributed by atoms with Crippen LogP contribution < -0.4 is 0 Å². The molecule has 60 valence electrons. The first-order valence-electron chi connectivity index (χ1n) is 3.43. The molecule has 1 nitrogen and oxygen atoms in total. The molecular formula is C9H12BrN. The summed E-state index contributed by atoms with van der Waals surface area (Å²) in [6.45, 7) is 5.64. The van der Waals surface area contributed by atoms with Crippen molar-refractivity contribution >= 4 is 22.0 Å². The minimum Gasteiger partial charge on any atom is -0.265 e. The van der Waals surface area contributed by atoms with E-state index >= 15 is 0 Å². The molecule has 1 heterocycles. The fraction of sp³-hybridized carbons (Fsp3) is 0.222. The Hall–Kier alpha value is -0.630. The van der Waals surface area contributed by atoms with E-state index in [2.05, 4.69) is 27.5 Å². The van der Waals surface area contributed by atoms with Crippen molar-refractivity contribution in [2.75, 3.05) is 5.33 Å². The van der Waals surface area contributed by atoms with Crippen molar-refractivity contribution in [2.24, 2.45) is 0 Å². The van der Waals surface area contributed by atoms with Crippen LogP contribution in [-0.2, 0) is 0 Å². The van der Waals surface area contributed by atoms with E-state index in [0.29, 0.717) is 0 Å². The van der Waals surface area contributed by atoms with Crippen molar-refractivity contribution in [1.29, 1.82) is 0 Å². The van der Waals surface area contributed by atoms with Gasteiger partial charge in [-0.15, -0.1) is 0 Å². The van der Waals surface area contributed by atoms with Crippen LogP contribution in [0.2, 0.25) is 0 Å². The third-order valence-electron chi connectivity index (χ3n) is 0.942. The SMILES string of the molecule is C=Cc1ccncc1.CCBr. The average Bonchev–Trinajstić information content (AvgIpc) is 2.08. The molecule has 0 saturated carbocycles. The van der Waals surface area contributed by atoms with E-state index in [1.165, 1.54) is 0 Å². The Morgan fingerprint density at radius 2 is 2.00 bits per heavy atom. The van der Waals surface area contributed by atoms with Crippen molar-refractivity contribution in [3.63, 3.8) is 0 Å². The van der Waals surface area contributed by atoms with E-state index in [9.17, 15) is 0 Å². The number of halogens is 1. The molecule has 0 unspecified atom stereocenters. The normalized spacial score (nSPS) is 7.82. The predicted molar refractivity (Wildman–Crippen MR) is 53.8 cm³/mol. The summed E-state index contributed by atoms with van der Waals surface area (Å²) in [5, 5.41) is 1.06. The van der Waals surface area contributed by atoms with Crippen molar-refractivity contribution < 1.29 is 0 Å². The van der Waals surface area contributed by atoms with Gasteiger partial charge in [-0.05, 0) is 17.7 Å². The molecule has 0 fully saturated rings. The first-order valence-corrected chi connectivity index (χ1v) is 4.55. The summed E-state index contributed by atoms with van der Waals surface area (Å²) in [4.78, 5) is 3.85. The van der Waals surface area contributed by atoms with Crippen LogP contribution in [0.4, 0.5) is 0 Å². The molecule has 0 N–H and O–H groups in total. The first kappa shape index (κ1) is 10.4. The molecule has 0 atom stereocenters. The summed E-state index contributed by atoms with van der Waals surface area (Å²) in [5.74, 6) is 0. The highest BCUT2D eigenvalue weighted by molar-refractivity contribution is 9.09. The van der Waals surface area contributed by atoms with Gasteiger partial charge in [-0.25, -0.2) is 0 Å². The lowest BCUT2D eigenvalue weighted by atomic mass is 10.3. The maximum absolute atomic E-state index is 3.85. The Labute approximate surface area is 76.3 Å². The maximum atomic E-state index is 3.85. The van der Waals surface area contributed by atoms with Crippen molar-refractivity contribution in [3.8, 4) is 0 Å². The van der Waals surface area contributed by atoms with Crippen LogP contribution >= 0.6 is 15.9 Å². The molecule has 0 aliphatic rings. The van der Waals surface area contributed by atoms with Gasteiger partial charge in [-0.1, -0.05) is 35.5 Å². The summed E-state index contributed by atoms with van der Waals surface area (Å²) in [6.07, 6.45) is 5.29. The zero-order valence-corrected chi connectivity index (χ0v) is 8.21. The molecule has 11 heavy (non-hydrogen) atoms. The number of nitrogens with zero attached hydrogens (tertiary/aromatic N) is 1. The first-order chi connectivity index (χ1) is 5.35. The van der Waals surface area contributed by atoms with Crippen LogP contribution in [0.15, 0.2) is 31.1 Å². The van der Waals surface area contributed by atoms with E-state index in [1.54, 1.807) is 18.5 Å². The number of aromatic nitrogens is 1. The van der Waals surface area contributed by atoms with Crippen LogP contribution in [0.25, 0.3) is 6.08 Å². The Morgan fingerprint density at radius 3 is 2.27 bits per heavy atom. The third kappa shape index (κ3) is 5.80. The zero-order chi connectivity index (χ0) is 8.53. The zero-order valence-electron chi connectivity index (χ0n) is 6.63.